The molecule has 16 heavy (non-hydrogen) atoms. The van der Waals surface area contributed by atoms with E-state index in [0.29, 0.717) is 0 Å². The largest absolute Gasteiger partial charge is 0.440 e. The molecule has 1 heterocycles. The van der Waals surface area contributed by atoms with Crippen molar-refractivity contribution in [1.82, 2.24) is 4.57 Å². The minimum atomic E-state index is -0.561. The zero-order valence-electron chi connectivity index (χ0n) is 8.22. The van der Waals surface area contributed by atoms with Crippen LogP contribution in [-0.4, -0.2) is 22.0 Å². The van der Waals surface area contributed by atoms with Crippen molar-refractivity contribution in [2.45, 2.75) is 0 Å². The number of nitrogens with zero attached hydrogens (tertiary/aromatic N) is 1. The summed E-state index contributed by atoms with van der Waals surface area (Å²) in [6, 6.07) is 9.25. The van der Waals surface area contributed by atoms with Crippen LogP contribution in [0.1, 0.15) is 0 Å². The van der Waals surface area contributed by atoms with Crippen LogP contribution in [0.3, 0.4) is 0 Å². The molecule has 5 heteroatoms. The Morgan fingerprint density at radius 2 is 2.00 bits per heavy atom. The van der Waals surface area contributed by atoms with Crippen LogP contribution in [0.25, 0.3) is 10.9 Å². The van der Waals surface area contributed by atoms with Crippen LogP contribution in [0, 0.1) is 0 Å². The molecule has 2 aromatic rings. The molecule has 0 N–H and O–H groups in total. The summed E-state index contributed by atoms with van der Waals surface area (Å²) >= 11 is 2.69. The summed E-state index contributed by atoms with van der Waals surface area (Å²) in [7, 11) is 0. The highest BCUT2D eigenvalue weighted by Gasteiger charge is 2.10. The third-order valence-electron chi connectivity index (χ3n) is 2.11. The fraction of sp³-hybridized carbons (Fsp3) is 0.0909. The van der Waals surface area contributed by atoms with E-state index in [1.165, 1.54) is 4.57 Å². The lowest BCUT2D eigenvalue weighted by atomic mass is 10.2. The molecule has 0 unspecified atom stereocenters. The van der Waals surface area contributed by atoms with Crippen LogP contribution in [0.5, 0.6) is 0 Å². The van der Waals surface area contributed by atoms with E-state index in [-0.39, 0.29) is 11.3 Å². The van der Waals surface area contributed by atoms with E-state index in [0.717, 1.165) is 10.9 Å². The molecule has 0 atom stereocenters. The molecule has 0 aliphatic carbocycles. The quantitative estimate of drug-likeness (QED) is 0.795. The first-order valence-electron chi connectivity index (χ1n) is 4.60. The molecule has 1 aromatic heterocycles. The minimum Gasteiger partial charge on any atom is -0.440 e. The Kier molecular flexibility index (Phi) is 3.05. The Hall–Kier alpha value is -1.62. The molecule has 0 saturated heterocycles. The average molecular weight is 282 g/mol. The second-order valence-corrected chi connectivity index (χ2v) is 4.04. The second-order valence-electron chi connectivity index (χ2n) is 3.15. The molecule has 2 rings (SSSR count). The Morgan fingerprint density at radius 1 is 1.25 bits per heavy atom. The normalized spacial score (nSPS) is 10.3. The van der Waals surface area contributed by atoms with E-state index in [2.05, 4.69) is 15.9 Å². The van der Waals surface area contributed by atoms with E-state index in [1.807, 2.05) is 30.3 Å². The Balaban J connectivity index is 2.26. The minimum absolute atomic E-state index is 0.272. The predicted octanol–water partition coefficient (Wildman–Crippen LogP) is 2.55. The molecule has 0 bridgehead atoms. The highest BCUT2D eigenvalue weighted by atomic mass is 79.9. The molecule has 1 aromatic carbocycles. The van der Waals surface area contributed by atoms with Crippen molar-refractivity contribution in [2.24, 2.45) is 0 Å². The number of halogens is 1. The summed E-state index contributed by atoms with van der Waals surface area (Å²) in [5.41, 5.74) is 0.759. The number of benzene rings is 1. The summed E-state index contributed by atoms with van der Waals surface area (Å²) in [6.07, 6.45) is 1.06. The van der Waals surface area contributed by atoms with Gasteiger partial charge in [-0.3, -0.25) is 9.36 Å². The van der Waals surface area contributed by atoms with Crippen LogP contribution < -0.4 is 0 Å². The molecule has 0 radical (unpaired) electrons. The van der Waals surface area contributed by atoms with Gasteiger partial charge in [-0.1, -0.05) is 18.2 Å². The summed E-state index contributed by atoms with van der Waals surface area (Å²) in [6.45, 7) is -0.272. The van der Waals surface area contributed by atoms with Gasteiger partial charge in [0.1, 0.15) is 0 Å². The molecule has 0 spiro atoms. The first-order chi connectivity index (χ1) is 7.68. The fourth-order valence-electron chi connectivity index (χ4n) is 1.43. The number of carbonyl (C=O) groups excluding carboxylic acids is 2. The summed E-state index contributed by atoms with van der Waals surface area (Å²) in [4.78, 5) is 22.2. The number of rotatable bonds is 2. The van der Waals surface area contributed by atoms with Crippen LogP contribution >= 0.6 is 15.9 Å². The third kappa shape index (κ3) is 2.14. The van der Waals surface area contributed by atoms with Crippen molar-refractivity contribution in [2.75, 3.05) is 6.61 Å². The molecule has 0 aliphatic rings. The fourth-order valence-corrected chi connectivity index (χ4v) is 1.54. The van der Waals surface area contributed by atoms with E-state index in [4.69, 9.17) is 4.74 Å². The first kappa shape index (κ1) is 10.9. The highest BCUT2D eigenvalue weighted by molar-refractivity contribution is 9.18. The van der Waals surface area contributed by atoms with Gasteiger partial charge in [-0.05, 0) is 28.1 Å². The molecular formula is C11H8BrNO3. The number of ether oxygens (including phenoxy) is 1. The van der Waals surface area contributed by atoms with Gasteiger partial charge in [0, 0.05) is 11.6 Å². The summed E-state index contributed by atoms with van der Waals surface area (Å²) in [5.74, 6) is 0. The molecule has 0 aliphatic heterocycles. The maximum absolute atomic E-state index is 11.6. The van der Waals surface area contributed by atoms with Crippen molar-refractivity contribution in [3.8, 4) is 0 Å². The first-order valence-corrected chi connectivity index (χ1v) is 5.39. The monoisotopic (exact) mass is 281 g/mol. The van der Waals surface area contributed by atoms with Gasteiger partial charge < -0.3 is 4.74 Å². The van der Waals surface area contributed by atoms with Crippen molar-refractivity contribution < 1.29 is 14.3 Å². The Morgan fingerprint density at radius 3 is 2.75 bits per heavy atom. The number of fused-ring (bicyclic) bond motifs is 1. The third-order valence-corrected chi connectivity index (χ3v) is 2.33. The smallest absolute Gasteiger partial charge is 0.418 e. The molecule has 0 saturated carbocycles. The van der Waals surface area contributed by atoms with Gasteiger partial charge in [0.15, 0.2) is 6.61 Å². The van der Waals surface area contributed by atoms with Crippen molar-refractivity contribution in [1.29, 1.82) is 0 Å². The standard InChI is InChI=1S/C11H8BrNO3/c12-10(14)7-16-11(15)13-6-5-8-3-1-2-4-9(8)13/h1-6H,7H2. The maximum atomic E-state index is 11.6. The van der Waals surface area contributed by atoms with Gasteiger partial charge in [-0.2, -0.15) is 0 Å². The van der Waals surface area contributed by atoms with Gasteiger partial charge in [-0.15, -0.1) is 0 Å². The van der Waals surface area contributed by atoms with Crippen LogP contribution in [0.15, 0.2) is 36.5 Å². The van der Waals surface area contributed by atoms with E-state index in [9.17, 15) is 9.59 Å². The van der Waals surface area contributed by atoms with Crippen LogP contribution in [-0.2, 0) is 9.53 Å². The number of hydrogen-bond acceptors (Lipinski definition) is 3. The van der Waals surface area contributed by atoms with Gasteiger partial charge in [-0.25, -0.2) is 4.79 Å². The molecule has 4 nitrogen and oxygen atoms in total. The maximum Gasteiger partial charge on any atom is 0.418 e. The molecular weight excluding hydrogens is 274 g/mol. The molecule has 82 valence electrons. The molecule has 0 fully saturated rings. The zero-order chi connectivity index (χ0) is 11.5. The van der Waals surface area contributed by atoms with Crippen LogP contribution in [0.2, 0.25) is 0 Å². The predicted molar refractivity (Wildman–Crippen MR) is 62.6 cm³/mol. The van der Waals surface area contributed by atoms with Crippen molar-refractivity contribution in [3.63, 3.8) is 0 Å². The van der Waals surface area contributed by atoms with E-state index in [1.54, 1.807) is 6.20 Å². The van der Waals surface area contributed by atoms with Gasteiger partial charge in [0.05, 0.1) is 5.52 Å². The van der Waals surface area contributed by atoms with E-state index >= 15 is 0 Å². The van der Waals surface area contributed by atoms with Gasteiger partial charge in [0.2, 0.25) is 4.69 Å². The lowest BCUT2D eigenvalue weighted by Gasteiger charge is -2.03. The highest BCUT2D eigenvalue weighted by Crippen LogP contribution is 2.15. The lowest BCUT2D eigenvalue weighted by molar-refractivity contribution is -0.112. The second kappa shape index (κ2) is 4.49. The topological polar surface area (TPSA) is 48.3 Å². The van der Waals surface area contributed by atoms with Gasteiger partial charge in [0.25, 0.3) is 0 Å². The van der Waals surface area contributed by atoms with Crippen LogP contribution in [0.4, 0.5) is 4.79 Å². The number of hydrogen-bond donors (Lipinski definition) is 0. The summed E-state index contributed by atoms with van der Waals surface area (Å²) < 4.78 is 5.79. The average Bonchev–Trinajstić information content (AvgIpc) is 2.69. The van der Waals surface area contributed by atoms with Crippen molar-refractivity contribution >= 4 is 37.6 Å². The lowest BCUT2D eigenvalue weighted by Crippen LogP contribution is -2.15. The SMILES string of the molecule is O=C(Br)COC(=O)n1ccc2ccccc21. The molecule has 0 amide bonds. The zero-order valence-corrected chi connectivity index (χ0v) is 9.81. The number of carbonyl (C=O) groups is 2. The summed E-state index contributed by atoms with van der Waals surface area (Å²) in [5, 5.41) is 0.949. The van der Waals surface area contributed by atoms with E-state index < -0.39 is 6.09 Å². The number of aromatic nitrogens is 1. The van der Waals surface area contributed by atoms with Gasteiger partial charge >= 0.3 is 6.09 Å². The number of para-hydroxylation sites is 1. The Bertz CT molecular complexity index is 547. The van der Waals surface area contributed by atoms with Crippen molar-refractivity contribution in [3.05, 3.63) is 36.5 Å². The Labute approximate surface area is 99.9 Å².